The van der Waals surface area contributed by atoms with E-state index >= 15 is 0 Å². The Bertz CT molecular complexity index is 655. The minimum atomic E-state index is -0.165. The molecule has 0 bridgehead atoms. The van der Waals surface area contributed by atoms with Crippen molar-refractivity contribution in [2.75, 3.05) is 5.88 Å². The molecule has 5 heteroatoms. The van der Waals surface area contributed by atoms with Gasteiger partial charge in [-0.2, -0.15) is 0 Å². The van der Waals surface area contributed by atoms with Gasteiger partial charge in [0.2, 0.25) is 0 Å². The van der Waals surface area contributed by atoms with Crippen molar-refractivity contribution in [3.63, 3.8) is 0 Å². The van der Waals surface area contributed by atoms with Gasteiger partial charge in [-0.25, -0.2) is 9.37 Å². The van der Waals surface area contributed by atoms with E-state index in [0.717, 1.165) is 35.7 Å². The van der Waals surface area contributed by atoms with Crippen LogP contribution in [-0.2, 0) is 13.0 Å². The molecule has 3 rings (SSSR count). The summed E-state index contributed by atoms with van der Waals surface area (Å²) in [5.74, 6) is 2.85. The Morgan fingerprint density at radius 3 is 2.90 bits per heavy atom. The van der Waals surface area contributed by atoms with Crippen molar-refractivity contribution in [1.29, 1.82) is 0 Å². The number of aryl methyl sites for hydroxylation is 1. The quantitative estimate of drug-likeness (QED) is 0.503. The average Bonchev–Trinajstić information content (AvgIpc) is 2.97. The zero-order chi connectivity index (χ0) is 15.0. The summed E-state index contributed by atoms with van der Waals surface area (Å²) in [7, 11) is 0. The van der Waals surface area contributed by atoms with E-state index in [1.165, 1.54) is 19.3 Å². The molecule has 1 fully saturated rings. The number of halogens is 3. The van der Waals surface area contributed by atoms with Crippen LogP contribution >= 0.6 is 34.2 Å². The number of aromatic nitrogens is 2. The fourth-order valence-corrected chi connectivity index (χ4v) is 4.02. The predicted molar refractivity (Wildman–Crippen MR) is 93.3 cm³/mol. The highest BCUT2D eigenvalue weighted by Crippen LogP contribution is 2.33. The standard InChI is InChI=1S/C16H19ClFIN2/c1-10-2-3-11(6-10)9-21-15-7-12(18)13(19)8-14(15)20-16(21)4-5-17/h7-8,10-11H,2-6,9H2,1H3. The molecule has 2 nitrogen and oxygen atoms in total. The van der Waals surface area contributed by atoms with Gasteiger partial charge in [-0.3, -0.25) is 0 Å². The van der Waals surface area contributed by atoms with Gasteiger partial charge in [0.25, 0.3) is 0 Å². The van der Waals surface area contributed by atoms with Gasteiger partial charge in [-0.05, 0) is 53.3 Å². The molecule has 0 saturated heterocycles. The molecule has 1 aliphatic rings. The fraction of sp³-hybridized carbons (Fsp3) is 0.562. The first-order chi connectivity index (χ1) is 10.1. The SMILES string of the molecule is CC1CCC(Cn2c(CCCl)nc3cc(I)c(F)cc32)C1. The highest BCUT2D eigenvalue weighted by Gasteiger charge is 2.23. The molecule has 1 aromatic carbocycles. The van der Waals surface area contributed by atoms with Gasteiger partial charge in [0.1, 0.15) is 11.6 Å². The lowest BCUT2D eigenvalue weighted by Gasteiger charge is -2.14. The molecule has 114 valence electrons. The highest BCUT2D eigenvalue weighted by atomic mass is 127. The van der Waals surface area contributed by atoms with Gasteiger partial charge in [0.15, 0.2) is 0 Å². The van der Waals surface area contributed by atoms with E-state index in [-0.39, 0.29) is 5.82 Å². The summed E-state index contributed by atoms with van der Waals surface area (Å²) in [6.07, 6.45) is 4.55. The second-order valence-electron chi connectivity index (χ2n) is 6.12. The highest BCUT2D eigenvalue weighted by molar-refractivity contribution is 14.1. The minimum Gasteiger partial charge on any atom is -0.328 e. The van der Waals surface area contributed by atoms with E-state index in [4.69, 9.17) is 11.6 Å². The van der Waals surface area contributed by atoms with Crippen molar-refractivity contribution >= 4 is 45.2 Å². The van der Waals surface area contributed by atoms with Crippen LogP contribution in [0.25, 0.3) is 11.0 Å². The first kappa shape index (κ1) is 15.5. The average molecular weight is 421 g/mol. The van der Waals surface area contributed by atoms with E-state index in [1.807, 2.05) is 28.7 Å². The summed E-state index contributed by atoms with van der Waals surface area (Å²) in [6.45, 7) is 3.25. The molecule has 1 aliphatic carbocycles. The van der Waals surface area contributed by atoms with Crippen LogP contribution in [0, 0.1) is 21.2 Å². The molecule has 1 aromatic heterocycles. The number of benzene rings is 1. The van der Waals surface area contributed by atoms with Crippen LogP contribution in [0.5, 0.6) is 0 Å². The fourth-order valence-electron chi connectivity index (χ4n) is 3.40. The molecule has 0 N–H and O–H groups in total. The van der Waals surface area contributed by atoms with Crippen LogP contribution in [0.4, 0.5) is 4.39 Å². The number of nitrogens with zero attached hydrogens (tertiary/aromatic N) is 2. The second kappa shape index (κ2) is 6.41. The largest absolute Gasteiger partial charge is 0.328 e. The summed E-state index contributed by atoms with van der Waals surface area (Å²) in [5, 5.41) is 0. The van der Waals surface area contributed by atoms with E-state index < -0.39 is 0 Å². The Balaban J connectivity index is 2.00. The predicted octanol–water partition coefficient (Wildman–Crippen LogP) is 5.00. The molecular formula is C16H19ClFIN2. The molecule has 0 aliphatic heterocycles. The summed E-state index contributed by atoms with van der Waals surface area (Å²) in [4.78, 5) is 4.67. The van der Waals surface area contributed by atoms with E-state index in [2.05, 4.69) is 16.5 Å². The Hall–Kier alpha value is -0.360. The smallest absolute Gasteiger partial charge is 0.138 e. The monoisotopic (exact) mass is 420 g/mol. The maximum atomic E-state index is 13.9. The van der Waals surface area contributed by atoms with Crippen molar-refractivity contribution < 1.29 is 4.39 Å². The van der Waals surface area contributed by atoms with E-state index in [1.54, 1.807) is 6.07 Å². The number of imidazole rings is 1. The van der Waals surface area contributed by atoms with Crippen molar-refractivity contribution in [1.82, 2.24) is 9.55 Å². The number of hydrogen-bond acceptors (Lipinski definition) is 1. The van der Waals surface area contributed by atoms with Crippen molar-refractivity contribution in [3.05, 3.63) is 27.3 Å². The molecular weight excluding hydrogens is 402 g/mol. The number of hydrogen-bond donors (Lipinski definition) is 0. The van der Waals surface area contributed by atoms with Crippen molar-refractivity contribution in [2.45, 2.75) is 39.2 Å². The van der Waals surface area contributed by atoms with Gasteiger partial charge in [0, 0.05) is 24.9 Å². The van der Waals surface area contributed by atoms with Crippen LogP contribution < -0.4 is 0 Å². The molecule has 0 radical (unpaired) electrons. The maximum Gasteiger partial charge on any atom is 0.138 e. The lowest BCUT2D eigenvalue weighted by Crippen LogP contribution is -2.11. The topological polar surface area (TPSA) is 17.8 Å². The van der Waals surface area contributed by atoms with Crippen LogP contribution in [-0.4, -0.2) is 15.4 Å². The molecule has 2 unspecified atom stereocenters. The zero-order valence-electron chi connectivity index (χ0n) is 12.1. The van der Waals surface area contributed by atoms with Gasteiger partial charge in [-0.1, -0.05) is 13.3 Å². The summed E-state index contributed by atoms with van der Waals surface area (Å²) in [6, 6.07) is 3.46. The molecule has 1 saturated carbocycles. The Labute approximate surface area is 143 Å². The van der Waals surface area contributed by atoms with Gasteiger partial charge in [-0.15, -0.1) is 11.6 Å². The third kappa shape index (κ3) is 3.21. The van der Waals surface area contributed by atoms with Crippen LogP contribution in [0.3, 0.4) is 0 Å². The molecule has 2 aromatic rings. The molecule has 21 heavy (non-hydrogen) atoms. The molecule has 2 atom stereocenters. The summed E-state index contributed by atoms with van der Waals surface area (Å²) >= 11 is 7.93. The summed E-state index contributed by atoms with van der Waals surface area (Å²) < 4.78 is 16.7. The molecule has 0 amide bonds. The number of rotatable bonds is 4. The third-order valence-electron chi connectivity index (χ3n) is 4.43. The first-order valence-corrected chi connectivity index (χ1v) is 9.10. The van der Waals surface area contributed by atoms with Crippen LogP contribution in [0.1, 0.15) is 32.0 Å². The first-order valence-electron chi connectivity index (χ1n) is 7.48. The zero-order valence-corrected chi connectivity index (χ0v) is 15.0. The van der Waals surface area contributed by atoms with Gasteiger partial charge >= 0.3 is 0 Å². The van der Waals surface area contributed by atoms with Crippen molar-refractivity contribution in [3.8, 4) is 0 Å². The van der Waals surface area contributed by atoms with Crippen LogP contribution in [0.2, 0.25) is 0 Å². The van der Waals surface area contributed by atoms with E-state index in [9.17, 15) is 4.39 Å². The Morgan fingerprint density at radius 2 is 2.24 bits per heavy atom. The normalized spacial score (nSPS) is 22.3. The Kier molecular flexibility index (Phi) is 4.74. The van der Waals surface area contributed by atoms with Gasteiger partial charge in [0.05, 0.1) is 14.6 Å². The number of alkyl halides is 1. The van der Waals surface area contributed by atoms with E-state index in [0.29, 0.717) is 15.4 Å². The Morgan fingerprint density at radius 1 is 1.43 bits per heavy atom. The lowest BCUT2D eigenvalue weighted by molar-refractivity contribution is 0.439. The second-order valence-corrected chi connectivity index (χ2v) is 7.66. The van der Waals surface area contributed by atoms with Crippen molar-refractivity contribution in [2.24, 2.45) is 11.8 Å². The number of fused-ring (bicyclic) bond motifs is 1. The molecule has 1 heterocycles. The van der Waals surface area contributed by atoms with Crippen LogP contribution in [0.15, 0.2) is 12.1 Å². The molecule has 0 spiro atoms. The third-order valence-corrected chi connectivity index (χ3v) is 5.45. The lowest BCUT2D eigenvalue weighted by atomic mass is 10.1. The maximum absolute atomic E-state index is 13.9. The van der Waals surface area contributed by atoms with Gasteiger partial charge < -0.3 is 4.57 Å². The minimum absolute atomic E-state index is 0.165. The summed E-state index contributed by atoms with van der Waals surface area (Å²) in [5.41, 5.74) is 1.79.